The number of carbonyl (C=O) groups excluding carboxylic acids is 2. The molecule has 168 valence electrons. The first-order valence-electron chi connectivity index (χ1n) is 10.2. The second-order valence-corrected chi connectivity index (χ2v) is 8.17. The molecule has 2 aliphatic rings. The number of ether oxygens (including phenoxy) is 4. The SMILES string of the molecule is COC(=O)C[N@@+]1(C)CCc2c(c(OC)c3c(c2C(=O)/C=C/c2cccc(F)c2)OCO3)C1. The van der Waals surface area contributed by atoms with E-state index in [2.05, 4.69) is 0 Å². The van der Waals surface area contributed by atoms with E-state index in [9.17, 15) is 14.0 Å². The van der Waals surface area contributed by atoms with Crippen LogP contribution in [0.4, 0.5) is 4.39 Å². The Morgan fingerprint density at radius 3 is 2.69 bits per heavy atom. The van der Waals surface area contributed by atoms with Crippen molar-refractivity contribution in [2.24, 2.45) is 0 Å². The highest BCUT2D eigenvalue weighted by Gasteiger charge is 2.40. The second-order valence-electron chi connectivity index (χ2n) is 8.17. The first kappa shape index (κ1) is 21.8. The van der Waals surface area contributed by atoms with Crippen LogP contribution >= 0.6 is 0 Å². The Morgan fingerprint density at radius 2 is 1.97 bits per heavy atom. The monoisotopic (exact) mass is 442 g/mol. The first-order valence-corrected chi connectivity index (χ1v) is 10.2. The van der Waals surface area contributed by atoms with Crippen molar-refractivity contribution in [3.05, 3.63) is 58.4 Å². The summed E-state index contributed by atoms with van der Waals surface area (Å²) in [5.74, 6) is 0.330. The second kappa shape index (κ2) is 8.63. The van der Waals surface area contributed by atoms with Crippen LogP contribution in [-0.2, 0) is 22.5 Å². The molecule has 0 bridgehead atoms. The summed E-state index contributed by atoms with van der Waals surface area (Å²) < 4.78 is 35.7. The van der Waals surface area contributed by atoms with Gasteiger partial charge in [0.25, 0.3) is 0 Å². The third-order valence-electron chi connectivity index (χ3n) is 5.89. The van der Waals surface area contributed by atoms with E-state index in [0.29, 0.717) is 52.4 Å². The molecule has 8 heteroatoms. The molecule has 0 saturated carbocycles. The number of fused-ring (bicyclic) bond motifs is 2. The van der Waals surface area contributed by atoms with Gasteiger partial charge in [-0.15, -0.1) is 0 Å². The van der Waals surface area contributed by atoms with E-state index in [1.807, 2.05) is 7.05 Å². The van der Waals surface area contributed by atoms with Crippen LogP contribution in [0.3, 0.4) is 0 Å². The molecule has 0 spiro atoms. The first-order chi connectivity index (χ1) is 15.3. The third-order valence-corrected chi connectivity index (χ3v) is 5.89. The average Bonchev–Trinajstić information content (AvgIpc) is 3.24. The van der Waals surface area contributed by atoms with Crippen LogP contribution in [0.15, 0.2) is 30.3 Å². The molecular weight excluding hydrogens is 417 g/mol. The summed E-state index contributed by atoms with van der Waals surface area (Å²) in [6.45, 7) is 1.30. The molecule has 0 fully saturated rings. The predicted molar refractivity (Wildman–Crippen MR) is 114 cm³/mol. The molecule has 0 N–H and O–H groups in total. The number of carbonyl (C=O) groups is 2. The molecule has 2 aromatic carbocycles. The summed E-state index contributed by atoms with van der Waals surface area (Å²) in [6.07, 6.45) is 3.53. The number of halogens is 1. The van der Waals surface area contributed by atoms with Gasteiger partial charge >= 0.3 is 5.97 Å². The molecule has 32 heavy (non-hydrogen) atoms. The van der Waals surface area contributed by atoms with E-state index in [1.54, 1.807) is 25.3 Å². The van der Waals surface area contributed by atoms with Crippen LogP contribution < -0.4 is 14.2 Å². The van der Waals surface area contributed by atoms with Gasteiger partial charge in [0.15, 0.2) is 23.8 Å². The van der Waals surface area contributed by atoms with Crippen LogP contribution in [0.1, 0.15) is 27.0 Å². The molecule has 0 amide bonds. The minimum Gasteiger partial charge on any atom is -0.492 e. The van der Waals surface area contributed by atoms with Crippen LogP contribution in [0.25, 0.3) is 6.08 Å². The van der Waals surface area contributed by atoms with Crippen LogP contribution in [-0.4, -0.2) is 57.4 Å². The maximum atomic E-state index is 13.5. The van der Waals surface area contributed by atoms with E-state index in [4.69, 9.17) is 18.9 Å². The number of likely N-dealkylation sites (N-methyl/N-ethyl adjacent to an activating group) is 1. The zero-order chi connectivity index (χ0) is 22.9. The molecule has 0 radical (unpaired) electrons. The number of nitrogens with zero attached hydrogens (tertiary/aromatic N) is 1. The van der Waals surface area contributed by atoms with Crippen LogP contribution in [0, 0.1) is 5.82 Å². The quantitative estimate of drug-likeness (QED) is 0.296. The largest absolute Gasteiger partial charge is 0.492 e. The van der Waals surface area contributed by atoms with Gasteiger partial charge in [-0.1, -0.05) is 18.2 Å². The maximum Gasteiger partial charge on any atom is 0.361 e. The van der Waals surface area contributed by atoms with Crippen molar-refractivity contribution in [1.29, 1.82) is 0 Å². The van der Waals surface area contributed by atoms with Gasteiger partial charge in [-0.25, -0.2) is 9.18 Å². The number of hydrogen-bond acceptors (Lipinski definition) is 6. The number of quaternary nitrogens is 1. The summed E-state index contributed by atoms with van der Waals surface area (Å²) in [6, 6.07) is 6.01. The van der Waals surface area contributed by atoms with Crippen molar-refractivity contribution >= 4 is 17.8 Å². The number of allylic oxidation sites excluding steroid dienone is 1. The van der Waals surface area contributed by atoms with Gasteiger partial charge < -0.3 is 23.4 Å². The van der Waals surface area contributed by atoms with Gasteiger partial charge in [0, 0.05) is 6.42 Å². The van der Waals surface area contributed by atoms with Crippen molar-refractivity contribution < 1.29 is 37.4 Å². The predicted octanol–water partition coefficient (Wildman–Crippen LogP) is 3.13. The van der Waals surface area contributed by atoms with Gasteiger partial charge in [0.1, 0.15) is 12.4 Å². The lowest BCUT2D eigenvalue weighted by molar-refractivity contribution is -0.917. The summed E-state index contributed by atoms with van der Waals surface area (Å²) in [7, 11) is 4.88. The van der Waals surface area contributed by atoms with E-state index >= 15 is 0 Å². The Balaban J connectivity index is 1.77. The highest BCUT2D eigenvalue weighted by atomic mass is 19.1. The smallest absolute Gasteiger partial charge is 0.361 e. The Morgan fingerprint density at radius 1 is 1.19 bits per heavy atom. The van der Waals surface area contributed by atoms with Gasteiger partial charge in [0.2, 0.25) is 12.5 Å². The van der Waals surface area contributed by atoms with Crippen LogP contribution in [0.5, 0.6) is 17.2 Å². The van der Waals surface area contributed by atoms with Crippen molar-refractivity contribution in [3.8, 4) is 17.2 Å². The zero-order valence-electron chi connectivity index (χ0n) is 18.3. The molecule has 0 aromatic heterocycles. The fraction of sp³-hybridized carbons (Fsp3) is 0.333. The highest BCUT2D eigenvalue weighted by molar-refractivity contribution is 6.11. The minimum atomic E-state index is -0.373. The van der Waals surface area contributed by atoms with Crippen molar-refractivity contribution in [2.45, 2.75) is 13.0 Å². The summed E-state index contributed by atoms with van der Waals surface area (Å²) >= 11 is 0. The maximum absolute atomic E-state index is 13.5. The molecule has 1 atom stereocenters. The van der Waals surface area contributed by atoms with Crippen molar-refractivity contribution in [2.75, 3.05) is 41.1 Å². The van der Waals surface area contributed by atoms with E-state index < -0.39 is 0 Å². The molecule has 0 saturated heterocycles. The standard InChI is InChI=1S/C24H25FNO6/c1-26(13-20(28)29-2)10-9-17-18(12-26)22(30-3)24-23(31-14-32-24)21(17)19(27)8-7-15-5-4-6-16(25)11-15/h4-8,11H,9-10,12-14H2,1-3H3/q+1/b8-7+/t26-/m0/s1. The molecular formula is C24H25FNO6+. The number of benzene rings is 2. The molecule has 2 heterocycles. The number of hydrogen-bond donors (Lipinski definition) is 0. The summed E-state index contributed by atoms with van der Waals surface area (Å²) in [5.41, 5.74) is 2.64. The fourth-order valence-corrected chi connectivity index (χ4v) is 4.33. The van der Waals surface area contributed by atoms with Crippen molar-refractivity contribution in [1.82, 2.24) is 0 Å². The Kier molecular flexibility index (Phi) is 5.88. The van der Waals surface area contributed by atoms with Gasteiger partial charge in [-0.3, -0.25) is 4.79 Å². The zero-order valence-corrected chi connectivity index (χ0v) is 18.3. The molecule has 4 rings (SSSR count). The van der Waals surface area contributed by atoms with Crippen molar-refractivity contribution in [3.63, 3.8) is 0 Å². The molecule has 0 unspecified atom stereocenters. The average molecular weight is 442 g/mol. The minimum absolute atomic E-state index is 0.0171. The highest BCUT2D eigenvalue weighted by Crippen LogP contribution is 2.50. The molecule has 7 nitrogen and oxygen atoms in total. The van der Waals surface area contributed by atoms with Crippen LogP contribution in [0.2, 0.25) is 0 Å². The number of rotatable bonds is 6. The normalized spacial score (nSPS) is 19.0. The Labute approximate surface area is 185 Å². The lowest BCUT2D eigenvalue weighted by Crippen LogP contribution is -2.51. The molecule has 2 aromatic rings. The summed E-state index contributed by atoms with van der Waals surface area (Å²) in [4.78, 5) is 25.2. The molecule has 0 aliphatic carbocycles. The lowest BCUT2D eigenvalue weighted by Gasteiger charge is -2.38. The number of methoxy groups -OCH3 is 2. The third kappa shape index (κ3) is 4.05. The topological polar surface area (TPSA) is 71.1 Å². The Bertz CT molecular complexity index is 1110. The number of ketones is 1. The van der Waals surface area contributed by atoms with Gasteiger partial charge in [-0.05, 0) is 29.3 Å². The lowest BCUT2D eigenvalue weighted by atomic mass is 9.89. The Hall–Kier alpha value is -3.39. The summed E-state index contributed by atoms with van der Waals surface area (Å²) in [5, 5.41) is 0. The fourth-order valence-electron chi connectivity index (χ4n) is 4.33. The van der Waals surface area contributed by atoms with Gasteiger partial charge in [0.05, 0.1) is 38.9 Å². The molecule has 2 aliphatic heterocycles. The van der Waals surface area contributed by atoms with Gasteiger partial charge in [-0.2, -0.15) is 0 Å². The van der Waals surface area contributed by atoms with E-state index in [1.165, 1.54) is 25.3 Å². The number of esters is 1. The van der Waals surface area contributed by atoms with E-state index in [-0.39, 0.29) is 30.9 Å². The van der Waals surface area contributed by atoms with E-state index in [0.717, 1.165) is 11.1 Å².